The second-order valence-corrected chi connectivity index (χ2v) is 13.5. The van der Waals surface area contributed by atoms with Gasteiger partial charge in [-0.1, -0.05) is 58.1 Å². The van der Waals surface area contributed by atoms with Crippen LogP contribution in [0.1, 0.15) is 103 Å². The first kappa shape index (κ1) is 40.2. The maximum Gasteiger partial charge on any atom is 0.231 e. The number of amides is 1. The Balaban J connectivity index is 0.000000354. The van der Waals surface area contributed by atoms with Gasteiger partial charge in [0.15, 0.2) is 11.5 Å². The largest absolute Gasteiger partial charge is 0.454 e. The monoisotopic (exact) mass is 626 g/mol. The van der Waals surface area contributed by atoms with Crippen molar-refractivity contribution in [1.29, 1.82) is 0 Å². The molecule has 2 unspecified atom stereocenters. The van der Waals surface area contributed by atoms with Crippen LogP contribution >= 0.6 is 0 Å². The molecule has 0 radical (unpaired) electrons. The minimum Gasteiger partial charge on any atom is -0.454 e. The number of aliphatic imine (C=N–C) groups is 1. The van der Waals surface area contributed by atoms with Crippen molar-refractivity contribution in [3.63, 3.8) is 0 Å². The molecule has 0 N–H and O–H groups in total. The molecule has 2 heterocycles. The second kappa shape index (κ2) is 22.6. The van der Waals surface area contributed by atoms with Gasteiger partial charge in [-0.2, -0.15) is 0 Å². The van der Waals surface area contributed by atoms with Gasteiger partial charge >= 0.3 is 0 Å². The van der Waals surface area contributed by atoms with Crippen LogP contribution in [0.4, 0.5) is 0 Å². The predicted molar refractivity (Wildman–Crippen MR) is 191 cm³/mol. The van der Waals surface area contributed by atoms with Crippen molar-refractivity contribution in [2.75, 3.05) is 60.7 Å². The Bertz CT molecular complexity index is 1010. The van der Waals surface area contributed by atoms with E-state index in [-0.39, 0.29) is 0 Å². The minimum absolute atomic E-state index is 0.365. The highest BCUT2D eigenvalue weighted by Gasteiger charge is 2.32. The summed E-state index contributed by atoms with van der Waals surface area (Å²) in [5, 5.41) is 0. The van der Waals surface area contributed by atoms with Crippen LogP contribution in [-0.4, -0.2) is 94.1 Å². The number of fused-ring (bicyclic) bond motifs is 1. The van der Waals surface area contributed by atoms with E-state index in [0.29, 0.717) is 12.7 Å². The quantitative estimate of drug-likeness (QED) is 0.0865. The van der Waals surface area contributed by atoms with Gasteiger partial charge in [0.25, 0.3) is 0 Å². The average Bonchev–Trinajstić information content (AvgIpc) is 3.64. The lowest BCUT2D eigenvalue weighted by Gasteiger charge is -2.25. The smallest absolute Gasteiger partial charge is 0.231 e. The molecule has 1 aliphatic carbocycles. The van der Waals surface area contributed by atoms with Crippen LogP contribution in [0.2, 0.25) is 0 Å². The summed E-state index contributed by atoms with van der Waals surface area (Å²) < 4.78 is 11.9. The van der Waals surface area contributed by atoms with Gasteiger partial charge in [0.05, 0.1) is 27.7 Å². The van der Waals surface area contributed by atoms with Gasteiger partial charge in [0.1, 0.15) is 0 Å². The summed E-state index contributed by atoms with van der Waals surface area (Å²) in [4.78, 5) is 18.9. The highest BCUT2D eigenvalue weighted by molar-refractivity contribution is 5.47. The molecule has 254 valence electrons. The summed E-state index contributed by atoms with van der Waals surface area (Å²) in [6, 6.07) is 7.22. The highest BCUT2D eigenvalue weighted by Crippen LogP contribution is 2.39. The van der Waals surface area contributed by atoms with Gasteiger partial charge in [-0.3, -0.25) is 9.79 Å². The molecule has 1 aromatic rings. The second-order valence-electron chi connectivity index (χ2n) is 13.5. The summed E-state index contributed by atoms with van der Waals surface area (Å²) in [6.07, 6.45) is 23.6. The van der Waals surface area contributed by atoms with E-state index >= 15 is 0 Å². The van der Waals surface area contributed by atoms with Crippen molar-refractivity contribution in [2.24, 2.45) is 10.9 Å². The first-order valence-corrected chi connectivity index (χ1v) is 17.2. The van der Waals surface area contributed by atoms with E-state index in [1.807, 2.05) is 11.1 Å². The summed E-state index contributed by atoms with van der Waals surface area (Å²) in [5.41, 5.74) is 2.81. The number of ether oxygens (including phenoxy) is 2. The molecule has 7 nitrogen and oxygen atoms in total. The van der Waals surface area contributed by atoms with Gasteiger partial charge in [-0.15, -0.1) is 12.8 Å². The zero-order chi connectivity index (χ0) is 33.7. The Morgan fingerprint density at radius 1 is 1.07 bits per heavy atom. The number of nitrogens with zero attached hydrogens (tertiary/aromatic N) is 4. The zero-order valence-corrected chi connectivity index (χ0v) is 29.8. The predicted octanol–water partition coefficient (Wildman–Crippen LogP) is 7.76. The first-order valence-electron chi connectivity index (χ1n) is 17.2. The van der Waals surface area contributed by atoms with Crippen molar-refractivity contribution in [2.45, 2.75) is 104 Å². The summed E-state index contributed by atoms with van der Waals surface area (Å²) in [6.45, 7) is 17.9. The third-order valence-corrected chi connectivity index (χ3v) is 8.96. The van der Waals surface area contributed by atoms with Gasteiger partial charge in [0.2, 0.25) is 13.2 Å². The van der Waals surface area contributed by atoms with E-state index in [1.165, 1.54) is 62.6 Å². The molecule has 45 heavy (non-hydrogen) atoms. The molecule has 1 saturated heterocycles. The Hall–Kier alpha value is -2.82. The maximum atomic E-state index is 10.7. The molecule has 2 atom stereocenters. The summed E-state index contributed by atoms with van der Waals surface area (Å²) >= 11 is 0. The number of hydrogen-bond donors (Lipinski definition) is 0. The third kappa shape index (κ3) is 15.3. The molecule has 0 spiro atoms. The van der Waals surface area contributed by atoms with Crippen molar-refractivity contribution in [1.82, 2.24) is 9.80 Å². The van der Waals surface area contributed by atoms with Crippen molar-refractivity contribution in [3.8, 4) is 24.3 Å². The molecule has 0 aromatic heterocycles. The summed E-state index contributed by atoms with van der Waals surface area (Å²) in [5.74, 6) is 3.28. The first-order chi connectivity index (χ1) is 21.6. The number of likely N-dealkylation sites (N-methyl/N-ethyl adjacent to an activating group) is 1. The lowest BCUT2D eigenvalue weighted by molar-refractivity contribution is -0.870. The molecule has 7 heteroatoms. The number of benzene rings is 1. The molecule has 1 amide bonds. The minimum atomic E-state index is 0.365. The molecule has 1 aromatic carbocycles. The number of carbonyl (C=O) groups is 1. The van der Waals surface area contributed by atoms with Crippen molar-refractivity contribution in [3.05, 3.63) is 35.5 Å². The Morgan fingerprint density at radius 3 is 2.29 bits per heavy atom. The van der Waals surface area contributed by atoms with Crippen molar-refractivity contribution >= 4 is 13.1 Å². The molecule has 2 fully saturated rings. The standard InChI is InChI=1S/C17H25NO2.C11H25N2O.C8H13N.C2H2/c1-3-5-6-15-9-14(11-18(15)4-2)13-7-8-16-17(10-13)20-12-19-16;1-5-6-8-12(11-14)9-7-10-13(2,3)4;1-7(6-9-2)8-4-3-5-8;1-2/h7-8,10,14-15H,3-6,9,11-12H2,1-2H3;11H,5-10H2,1-4H3;6,8H,2-5H2,1H3;1-2H/q;+1;;/b;;7-6-;. The number of rotatable bonds is 15. The number of allylic oxidation sites excluding steroid dienone is 1. The maximum absolute atomic E-state index is 10.7. The van der Waals surface area contributed by atoms with Crippen LogP contribution in [0.3, 0.4) is 0 Å². The number of quaternary nitrogens is 1. The molecule has 4 rings (SSSR count). The normalized spacial score (nSPS) is 19.1. The fraction of sp³-hybridized carbons (Fsp3) is 0.684. The van der Waals surface area contributed by atoms with E-state index in [1.54, 1.807) is 0 Å². The number of likely N-dealkylation sites (tertiary alicyclic amines) is 1. The number of hydrogen-bond acceptors (Lipinski definition) is 5. The van der Waals surface area contributed by atoms with E-state index < -0.39 is 0 Å². The topological polar surface area (TPSA) is 54.4 Å². The third-order valence-electron chi connectivity index (χ3n) is 8.96. The zero-order valence-electron chi connectivity index (χ0n) is 29.8. The van der Waals surface area contributed by atoms with E-state index in [9.17, 15) is 4.79 Å². The van der Waals surface area contributed by atoms with Gasteiger partial charge in [-0.25, -0.2) is 0 Å². The van der Waals surface area contributed by atoms with Crippen LogP contribution in [0.25, 0.3) is 0 Å². The summed E-state index contributed by atoms with van der Waals surface area (Å²) in [7, 11) is 6.53. The van der Waals surface area contributed by atoms with Crippen LogP contribution < -0.4 is 9.47 Å². The Kier molecular flexibility index (Phi) is 20.2. The van der Waals surface area contributed by atoms with E-state index in [2.05, 4.69) is 96.5 Å². The lowest BCUT2D eigenvalue weighted by Crippen LogP contribution is -2.37. The fourth-order valence-corrected chi connectivity index (χ4v) is 5.96. The van der Waals surface area contributed by atoms with Crippen LogP contribution in [0.5, 0.6) is 11.5 Å². The highest BCUT2D eigenvalue weighted by atomic mass is 16.7. The number of unbranched alkanes of at least 4 members (excludes halogenated alkanes) is 2. The van der Waals surface area contributed by atoms with Crippen LogP contribution in [-0.2, 0) is 4.79 Å². The number of carbonyl (C=O) groups excluding carboxylic acids is 1. The molecule has 2 aliphatic heterocycles. The molecule has 1 saturated carbocycles. The molecule has 3 aliphatic rings. The SMILES string of the molecule is C#C.C=N/C=C(/C)C1CCC1.CCCCC1CC(c2ccc3c(c2)OCO3)CN1CC.CCCCN(C=O)CCC[N+](C)(C)C. The fourth-order valence-electron chi connectivity index (χ4n) is 5.96. The van der Waals surface area contributed by atoms with Crippen LogP contribution in [0, 0.1) is 18.8 Å². The van der Waals surface area contributed by atoms with E-state index in [4.69, 9.17) is 9.47 Å². The van der Waals surface area contributed by atoms with Gasteiger partial charge in [0, 0.05) is 38.3 Å². The van der Waals surface area contributed by atoms with E-state index in [0.717, 1.165) is 79.8 Å². The van der Waals surface area contributed by atoms with Gasteiger partial charge < -0.3 is 23.8 Å². The molecular weight excluding hydrogens is 560 g/mol. The van der Waals surface area contributed by atoms with Crippen LogP contribution in [0.15, 0.2) is 35.0 Å². The average molecular weight is 626 g/mol. The lowest BCUT2D eigenvalue weighted by atomic mass is 9.81. The Morgan fingerprint density at radius 2 is 1.73 bits per heavy atom. The number of terminal acetylenes is 1. The molecule has 0 bridgehead atoms. The Labute approximate surface area is 276 Å². The molecular formula is C38H65N4O3+. The van der Waals surface area contributed by atoms with Crippen molar-refractivity contribution < 1.29 is 18.8 Å². The van der Waals surface area contributed by atoms with Gasteiger partial charge in [-0.05, 0) is 81.8 Å².